The minimum absolute atomic E-state index is 0.206. The number of carbonyl (C=O) groups is 1. The van der Waals surface area contributed by atoms with Crippen molar-refractivity contribution < 1.29 is 13.9 Å². The fourth-order valence-electron chi connectivity index (χ4n) is 2.59. The number of benzene rings is 1. The highest BCUT2D eigenvalue weighted by molar-refractivity contribution is 9.09. The van der Waals surface area contributed by atoms with E-state index < -0.39 is 5.60 Å². The number of carbonyl (C=O) groups excluding carboxylic acids is 1. The van der Waals surface area contributed by atoms with Crippen LogP contribution in [0.25, 0.3) is 0 Å². The van der Waals surface area contributed by atoms with Crippen molar-refractivity contribution in [1.82, 2.24) is 4.90 Å². The normalized spacial score (nSPS) is 22.4. The molecule has 1 aromatic rings. The van der Waals surface area contributed by atoms with Gasteiger partial charge in [-0.15, -0.1) is 0 Å². The predicted octanol–water partition coefficient (Wildman–Crippen LogP) is 4.17. The molecule has 0 aliphatic carbocycles. The topological polar surface area (TPSA) is 29.5 Å². The highest BCUT2D eigenvalue weighted by Crippen LogP contribution is 2.34. The van der Waals surface area contributed by atoms with Crippen LogP contribution >= 0.6 is 15.9 Å². The van der Waals surface area contributed by atoms with Gasteiger partial charge in [0.2, 0.25) is 0 Å². The first-order chi connectivity index (χ1) is 9.80. The van der Waals surface area contributed by atoms with Crippen molar-refractivity contribution in [2.75, 3.05) is 18.4 Å². The van der Waals surface area contributed by atoms with Crippen LogP contribution in [0.4, 0.5) is 9.18 Å². The van der Waals surface area contributed by atoms with Crippen LogP contribution in [0.2, 0.25) is 0 Å². The highest BCUT2D eigenvalue weighted by atomic mass is 79.9. The van der Waals surface area contributed by atoms with E-state index in [9.17, 15) is 9.18 Å². The second kappa shape index (κ2) is 6.34. The molecule has 2 rings (SSSR count). The van der Waals surface area contributed by atoms with Crippen LogP contribution in [0.1, 0.15) is 32.3 Å². The van der Waals surface area contributed by atoms with Crippen molar-refractivity contribution >= 4 is 22.0 Å². The van der Waals surface area contributed by atoms with Gasteiger partial charge in [0, 0.05) is 24.3 Å². The number of hydrogen-bond donors (Lipinski definition) is 0. The molecule has 116 valence electrons. The van der Waals surface area contributed by atoms with Gasteiger partial charge < -0.3 is 9.64 Å². The molecule has 1 fully saturated rings. The summed E-state index contributed by atoms with van der Waals surface area (Å²) in [5, 5.41) is 0.800. The summed E-state index contributed by atoms with van der Waals surface area (Å²) in [7, 11) is 0. The van der Waals surface area contributed by atoms with E-state index >= 15 is 0 Å². The van der Waals surface area contributed by atoms with Gasteiger partial charge >= 0.3 is 6.09 Å². The molecule has 0 unspecified atom stereocenters. The van der Waals surface area contributed by atoms with E-state index in [0.717, 1.165) is 10.9 Å². The average Bonchev–Trinajstić information content (AvgIpc) is 2.82. The summed E-state index contributed by atoms with van der Waals surface area (Å²) >= 11 is 3.51. The molecule has 0 aromatic heterocycles. The number of halogens is 2. The summed E-state index contributed by atoms with van der Waals surface area (Å²) in [5.74, 6) is 0.275. The van der Waals surface area contributed by atoms with Crippen LogP contribution in [0.5, 0.6) is 0 Å². The maximum atomic E-state index is 13.0. The van der Waals surface area contributed by atoms with E-state index in [0.29, 0.717) is 19.0 Å². The molecule has 1 aliphatic heterocycles. The molecular formula is C16H21BrFNO2. The van der Waals surface area contributed by atoms with Crippen molar-refractivity contribution in [3.05, 3.63) is 35.6 Å². The first-order valence-corrected chi connectivity index (χ1v) is 8.21. The standard InChI is InChI=1S/C16H21BrFNO2/c1-16(2,3)21-15(20)19-9-12(8-17)14(10-19)11-4-6-13(18)7-5-11/h4-7,12,14H,8-10H2,1-3H3/t12-,14+/m1/s1. The minimum atomic E-state index is -0.491. The fraction of sp³-hybridized carbons (Fsp3) is 0.562. The van der Waals surface area contributed by atoms with Gasteiger partial charge in [0.05, 0.1) is 0 Å². The molecule has 1 aromatic carbocycles. The van der Waals surface area contributed by atoms with Crippen molar-refractivity contribution in [2.24, 2.45) is 5.92 Å². The Bertz CT molecular complexity index is 498. The Balaban J connectivity index is 2.10. The SMILES string of the molecule is CC(C)(C)OC(=O)N1C[C@@H](CBr)[C@H](c2ccc(F)cc2)C1. The summed E-state index contributed by atoms with van der Waals surface area (Å²) in [6.07, 6.45) is -0.280. The quantitative estimate of drug-likeness (QED) is 0.743. The van der Waals surface area contributed by atoms with Crippen LogP contribution in [-0.2, 0) is 4.74 Å². The second-order valence-electron chi connectivity index (χ2n) is 6.46. The Hall–Kier alpha value is -1.10. The van der Waals surface area contributed by atoms with Crippen molar-refractivity contribution in [3.8, 4) is 0 Å². The van der Waals surface area contributed by atoms with Crippen LogP contribution in [-0.4, -0.2) is 35.0 Å². The van der Waals surface area contributed by atoms with Crippen molar-refractivity contribution in [2.45, 2.75) is 32.3 Å². The lowest BCUT2D eigenvalue weighted by Gasteiger charge is -2.24. The van der Waals surface area contributed by atoms with Gasteiger partial charge in [-0.05, 0) is 44.4 Å². The molecule has 1 saturated heterocycles. The van der Waals surface area contributed by atoms with Gasteiger partial charge in [0.25, 0.3) is 0 Å². The summed E-state index contributed by atoms with van der Waals surface area (Å²) in [6.45, 7) is 6.85. The maximum Gasteiger partial charge on any atom is 0.410 e. The molecule has 0 radical (unpaired) electrons. The Morgan fingerprint density at radius 3 is 2.48 bits per heavy atom. The first-order valence-electron chi connectivity index (χ1n) is 7.09. The summed E-state index contributed by atoms with van der Waals surface area (Å²) in [5.41, 5.74) is 0.571. The molecule has 2 atom stereocenters. The van der Waals surface area contributed by atoms with Gasteiger partial charge in [-0.1, -0.05) is 28.1 Å². The number of rotatable bonds is 2. The number of hydrogen-bond acceptors (Lipinski definition) is 2. The van der Waals surface area contributed by atoms with Gasteiger partial charge in [0.1, 0.15) is 11.4 Å². The Morgan fingerprint density at radius 1 is 1.33 bits per heavy atom. The Kier molecular flexibility index (Phi) is 4.91. The monoisotopic (exact) mass is 357 g/mol. The van der Waals surface area contributed by atoms with E-state index in [1.54, 1.807) is 17.0 Å². The molecule has 21 heavy (non-hydrogen) atoms. The average molecular weight is 358 g/mol. The molecular weight excluding hydrogens is 337 g/mol. The largest absolute Gasteiger partial charge is 0.444 e. The third-order valence-corrected chi connectivity index (χ3v) is 4.42. The zero-order chi connectivity index (χ0) is 15.6. The molecule has 1 aliphatic rings. The van der Waals surface area contributed by atoms with Gasteiger partial charge in [-0.2, -0.15) is 0 Å². The van der Waals surface area contributed by atoms with Crippen LogP contribution in [0.3, 0.4) is 0 Å². The predicted molar refractivity (Wildman–Crippen MR) is 84.2 cm³/mol. The fourth-order valence-corrected chi connectivity index (χ4v) is 3.25. The number of amides is 1. The van der Waals surface area contributed by atoms with E-state index in [4.69, 9.17) is 4.74 Å². The zero-order valence-corrected chi connectivity index (χ0v) is 14.2. The van der Waals surface area contributed by atoms with E-state index in [1.807, 2.05) is 20.8 Å². The van der Waals surface area contributed by atoms with Gasteiger partial charge in [-0.25, -0.2) is 9.18 Å². The molecule has 0 bridgehead atoms. The van der Waals surface area contributed by atoms with Crippen LogP contribution in [0.15, 0.2) is 24.3 Å². The Labute approximate surface area is 133 Å². The third-order valence-electron chi connectivity index (χ3n) is 3.59. The van der Waals surface area contributed by atoms with Crippen molar-refractivity contribution in [1.29, 1.82) is 0 Å². The smallest absolute Gasteiger partial charge is 0.410 e. The zero-order valence-electron chi connectivity index (χ0n) is 12.6. The summed E-state index contributed by atoms with van der Waals surface area (Å²) < 4.78 is 18.5. The third kappa shape index (κ3) is 4.19. The number of likely N-dealkylation sites (tertiary alicyclic amines) is 1. The lowest BCUT2D eigenvalue weighted by Crippen LogP contribution is -2.35. The maximum absolute atomic E-state index is 13.0. The van der Waals surface area contributed by atoms with E-state index in [2.05, 4.69) is 15.9 Å². The molecule has 0 saturated carbocycles. The van der Waals surface area contributed by atoms with E-state index in [-0.39, 0.29) is 17.8 Å². The summed E-state index contributed by atoms with van der Waals surface area (Å²) in [4.78, 5) is 13.9. The first kappa shape index (κ1) is 16.3. The lowest BCUT2D eigenvalue weighted by molar-refractivity contribution is 0.0288. The molecule has 0 spiro atoms. The van der Waals surface area contributed by atoms with Crippen LogP contribution in [0, 0.1) is 11.7 Å². The molecule has 0 N–H and O–H groups in total. The minimum Gasteiger partial charge on any atom is -0.444 e. The van der Waals surface area contributed by atoms with Gasteiger partial charge in [-0.3, -0.25) is 0 Å². The Morgan fingerprint density at radius 2 is 1.95 bits per heavy atom. The number of alkyl halides is 1. The lowest BCUT2D eigenvalue weighted by atomic mass is 9.90. The molecule has 3 nitrogen and oxygen atoms in total. The highest BCUT2D eigenvalue weighted by Gasteiger charge is 2.37. The molecule has 5 heteroatoms. The molecule has 1 heterocycles. The number of nitrogens with zero attached hydrogens (tertiary/aromatic N) is 1. The second-order valence-corrected chi connectivity index (χ2v) is 7.11. The van der Waals surface area contributed by atoms with E-state index in [1.165, 1.54) is 12.1 Å². The van der Waals surface area contributed by atoms with Crippen LogP contribution < -0.4 is 0 Å². The summed E-state index contributed by atoms with van der Waals surface area (Å²) in [6, 6.07) is 6.54. The van der Waals surface area contributed by atoms with Crippen molar-refractivity contribution in [3.63, 3.8) is 0 Å². The number of ether oxygens (including phenoxy) is 1. The van der Waals surface area contributed by atoms with Gasteiger partial charge in [0.15, 0.2) is 0 Å². The molecule has 1 amide bonds.